The maximum absolute atomic E-state index is 12.1. The van der Waals surface area contributed by atoms with E-state index in [0.29, 0.717) is 17.0 Å². The number of carbonyl (C=O) groups is 1. The summed E-state index contributed by atoms with van der Waals surface area (Å²) in [4.78, 5) is 20.8. The predicted molar refractivity (Wildman–Crippen MR) is 91.0 cm³/mol. The van der Waals surface area contributed by atoms with Gasteiger partial charge in [-0.25, -0.2) is 9.79 Å². The van der Waals surface area contributed by atoms with E-state index in [1.165, 1.54) is 0 Å². The number of allylic oxidation sites excluding steroid dienone is 1. The molecule has 0 aromatic heterocycles. The Morgan fingerprint density at radius 1 is 1.17 bits per heavy atom. The van der Waals surface area contributed by atoms with Crippen LogP contribution in [0.4, 0.5) is 5.69 Å². The number of aliphatic imine (C=N–C) groups is 2. The summed E-state index contributed by atoms with van der Waals surface area (Å²) in [5, 5.41) is 0. The van der Waals surface area contributed by atoms with Gasteiger partial charge in [-0.05, 0) is 35.9 Å². The van der Waals surface area contributed by atoms with E-state index in [1.807, 2.05) is 48.7 Å². The van der Waals surface area contributed by atoms with Crippen LogP contribution in [-0.2, 0) is 9.53 Å². The topological polar surface area (TPSA) is 60.2 Å². The van der Waals surface area contributed by atoms with Gasteiger partial charge in [0, 0.05) is 17.7 Å². The lowest BCUT2D eigenvalue weighted by atomic mass is 10.00. The zero-order chi connectivity index (χ0) is 16.5. The lowest BCUT2D eigenvalue weighted by Gasteiger charge is -2.03. The number of methoxy groups -OCH3 is 1. The summed E-state index contributed by atoms with van der Waals surface area (Å²) in [6, 6.07) is 15.1. The molecule has 2 aromatic rings. The molecular weight excluding hydrogens is 304 g/mol. The Balaban J connectivity index is 1.66. The monoisotopic (exact) mass is 318 g/mol. The van der Waals surface area contributed by atoms with Gasteiger partial charge in [-0.3, -0.25) is 4.99 Å². The first-order chi connectivity index (χ1) is 11.7. The number of hydrogen-bond donors (Lipinski definition) is 0. The van der Waals surface area contributed by atoms with E-state index in [4.69, 9.17) is 9.47 Å². The van der Waals surface area contributed by atoms with E-state index >= 15 is 0 Å². The fraction of sp³-hybridized carbons (Fsp3) is 0.105. The van der Waals surface area contributed by atoms with Crippen molar-refractivity contribution in [2.75, 3.05) is 7.11 Å². The van der Waals surface area contributed by atoms with Gasteiger partial charge in [0.2, 0.25) is 5.90 Å². The predicted octanol–water partition coefficient (Wildman–Crippen LogP) is 3.38. The van der Waals surface area contributed by atoms with E-state index < -0.39 is 5.97 Å². The second-order valence-electron chi connectivity index (χ2n) is 5.45. The van der Waals surface area contributed by atoms with Crippen LogP contribution in [0.5, 0.6) is 5.75 Å². The molecule has 0 radical (unpaired) electrons. The van der Waals surface area contributed by atoms with Crippen LogP contribution < -0.4 is 4.74 Å². The summed E-state index contributed by atoms with van der Waals surface area (Å²) in [6.45, 7) is 0. The highest BCUT2D eigenvalue weighted by Gasteiger charge is 2.27. The van der Waals surface area contributed by atoms with Gasteiger partial charge in [0.15, 0.2) is 0 Å². The molecule has 0 aliphatic carbocycles. The number of hydrogen-bond acceptors (Lipinski definition) is 5. The molecule has 5 nitrogen and oxygen atoms in total. The fourth-order valence-electron chi connectivity index (χ4n) is 2.73. The third-order valence-corrected chi connectivity index (χ3v) is 3.94. The van der Waals surface area contributed by atoms with Crippen LogP contribution in [0, 0.1) is 0 Å². The normalized spacial score (nSPS) is 20.0. The fourth-order valence-corrected chi connectivity index (χ4v) is 2.73. The Hall–Kier alpha value is -3.21. The molecule has 0 saturated heterocycles. The van der Waals surface area contributed by atoms with Crippen molar-refractivity contribution in [3.63, 3.8) is 0 Å². The molecule has 2 aliphatic rings. The summed E-state index contributed by atoms with van der Waals surface area (Å²) in [5.41, 5.74) is 2.97. The Kier molecular flexibility index (Phi) is 3.46. The quantitative estimate of drug-likeness (QED) is 0.644. The Morgan fingerprint density at radius 3 is 2.92 bits per heavy atom. The minimum absolute atomic E-state index is 0.0721. The van der Waals surface area contributed by atoms with Crippen molar-refractivity contribution < 1.29 is 14.3 Å². The second-order valence-corrected chi connectivity index (χ2v) is 5.45. The molecule has 2 aliphatic heterocycles. The van der Waals surface area contributed by atoms with E-state index in [9.17, 15) is 4.79 Å². The third-order valence-electron chi connectivity index (χ3n) is 3.94. The van der Waals surface area contributed by atoms with Crippen LogP contribution in [0.3, 0.4) is 0 Å². The minimum Gasteiger partial charge on any atom is -0.497 e. The highest BCUT2D eigenvalue weighted by atomic mass is 16.6. The molecule has 0 bridgehead atoms. The number of esters is 1. The molecule has 0 amide bonds. The van der Waals surface area contributed by atoms with Gasteiger partial charge in [0.25, 0.3) is 0 Å². The van der Waals surface area contributed by atoms with E-state index in [-0.39, 0.29) is 11.8 Å². The molecule has 4 rings (SSSR count). The highest BCUT2D eigenvalue weighted by molar-refractivity contribution is 6.11. The molecule has 0 spiro atoms. The average Bonchev–Trinajstić information content (AvgIpc) is 3.20. The third kappa shape index (κ3) is 2.50. The summed E-state index contributed by atoms with van der Waals surface area (Å²) >= 11 is 0. The number of benzene rings is 2. The number of cyclic esters (lactones) is 1. The van der Waals surface area contributed by atoms with E-state index in [2.05, 4.69) is 9.98 Å². The molecule has 0 saturated carbocycles. The maximum Gasteiger partial charge on any atom is 0.363 e. The van der Waals surface area contributed by atoms with Gasteiger partial charge < -0.3 is 9.47 Å². The standard InChI is InChI=1S/C19H14N2O3/c1-23-14-6-4-5-12(9-14)18-21-17(19(22)24-18)10-13-11-20-16-8-3-2-7-15(13)16/h2-11,13H,1H3/b17-10-. The molecule has 2 aromatic carbocycles. The molecule has 0 N–H and O–H groups in total. The Labute approximate surface area is 139 Å². The molecule has 118 valence electrons. The summed E-state index contributed by atoms with van der Waals surface area (Å²) < 4.78 is 10.5. The molecule has 2 heterocycles. The number of carbonyl (C=O) groups excluding carboxylic acids is 1. The van der Waals surface area contributed by atoms with E-state index in [0.717, 1.165) is 11.3 Å². The highest BCUT2D eigenvalue weighted by Crippen LogP contribution is 2.34. The van der Waals surface area contributed by atoms with Crippen LogP contribution in [0.25, 0.3) is 0 Å². The van der Waals surface area contributed by atoms with Gasteiger partial charge in [0.1, 0.15) is 11.4 Å². The lowest BCUT2D eigenvalue weighted by molar-refractivity contribution is -0.130. The van der Waals surface area contributed by atoms with Crippen molar-refractivity contribution in [1.82, 2.24) is 0 Å². The van der Waals surface area contributed by atoms with Crippen molar-refractivity contribution in [2.24, 2.45) is 9.98 Å². The van der Waals surface area contributed by atoms with Crippen molar-refractivity contribution in [1.29, 1.82) is 0 Å². The molecule has 1 unspecified atom stereocenters. The first-order valence-corrected chi connectivity index (χ1v) is 7.55. The van der Waals surface area contributed by atoms with Crippen molar-refractivity contribution >= 4 is 23.8 Å². The number of fused-ring (bicyclic) bond motifs is 1. The van der Waals surface area contributed by atoms with Crippen LogP contribution >= 0.6 is 0 Å². The summed E-state index contributed by atoms with van der Waals surface area (Å²) in [5.74, 6) is 0.441. The zero-order valence-electron chi connectivity index (χ0n) is 13.0. The second kappa shape index (κ2) is 5.77. The largest absolute Gasteiger partial charge is 0.497 e. The molecule has 24 heavy (non-hydrogen) atoms. The average molecular weight is 318 g/mol. The SMILES string of the molecule is COc1cccc(C2=N/C(=C\C3C=Nc4ccccc43)C(=O)O2)c1. The minimum atomic E-state index is -0.453. The molecule has 5 heteroatoms. The molecule has 0 fully saturated rings. The lowest BCUT2D eigenvalue weighted by Crippen LogP contribution is -2.06. The van der Waals surface area contributed by atoms with Crippen LogP contribution in [0.1, 0.15) is 17.0 Å². The maximum atomic E-state index is 12.1. The van der Waals surface area contributed by atoms with E-state index in [1.54, 1.807) is 19.3 Å². The molecule has 1 atom stereocenters. The van der Waals surface area contributed by atoms with Gasteiger partial charge >= 0.3 is 5.97 Å². The molecular formula is C19H14N2O3. The number of rotatable bonds is 3. The van der Waals surface area contributed by atoms with Crippen LogP contribution in [-0.4, -0.2) is 25.2 Å². The number of para-hydroxylation sites is 1. The van der Waals surface area contributed by atoms with Gasteiger partial charge in [-0.15, -0.1) is 0 Å². The first-order valence-electron chi connectivity index (χ1n) is 7.55. The first kappa shape index (κ1) is 14.4. The Morgan fingerprint density at radius 2 is 2.04 bits per heavy atom. The van der Waals surface area contributed by atoms with Gasteiger partial charge in [-0.2, -0.15) is 0 Å². The zero-order valence-corrected chi connectivity index (χ0v) is 13.0. The Bertz CT molecular complexity index is 912. The summed E-state index contributed by atoms with van der Waals surface area (Å²) in [7, 11) is 1.59. The smallest absolute Gasteiger partial charge is 0.363 e. The van der Waals surface area contributed by atoms with Crippen molar-refractivity contribution in [2.45, 2.75) is 5.92 Å². The van der Waals surface area contributed by atoms with Crippen molar-refractivity contribution in [3.05, 3.63) is 71.4 Å². The van der Waals surface area contributed by atoms with Crippen molar-refractivity contribution in [3.8, 4) is 5.75 Å². The number of nitrogens with zero attached hydrogens (tertiary/aromatic N) is 2. The van der Waals surface area contributed by atoms with Crippen LogP contribution in [0.2, 0.25) is 0 Å². The van der Waals surface area contributed by atoms with Crippen LogP contribution in [0.15, 0.2) is 70.3 Å². The number of ether oxygens (including phenoxy) is 2. The summed E-state index contributed by atoms with van der Waals surface area (Å²) in [6.07, 6.45) is 3.59. The van der Waals surface area contributed by atoms with Gasteiger partial charge in [0.05, 0.1) is 12.8 Å². The van der Waals surface area contributed by atoms with Gasteiger partial charge in [-0.1, -0.05) is 24.3 Å².